The van der Waals surface area contributed by atoms with Crippen molar-refractivity contribution in [1.82, 2.24) is 10.2 Å². The highest BCUT2D eigenvalue weighted by Gasteiger charge is 2.31. The van der Waals surface area contributed by atoms with Gasteiger partial charge < -0.3 is 10.2 Å². The summed E-state index contributed by atoms with van der Waals surface area (Å²) in [7, 11) is 2.25. The van der Waals surface area contributed by atoms with Gasteiger partial charge in [-0.2, -0.15) is 0 Å². The molecular weight excluding hydrogens is 184 g/mol. The Kier molecular flexibility index (Phi) is 3.68. The molecule has 0 bridgehead atoms. The van der Waals surface area contributed by atoms with Gasteiger partial charge in [-0.25, -0.2) is 0 Å². The summed E-state index contributed by atoms with van der Waals surface area (Å²) in [6.45, 7) is 6.25. The molecule has 0 spiro atoms. The second kappa shape index (κ2) is 4.84. The van der Waals surface area contributed by atoms with Gasteiger partial charge in [0.2, 0.25) is 0 Å². The molecule has 1 aliphatic heterocycles. The van der Waals surface area contributed by atoms with Crippen LogP contribution >= 0.6 is 0 Å². The van der Waals surface area contributed by atoms with Crippen molar-refractivity contribution in [2.75, 3.05) is 26.7 Å². The van der Waals surface area contributed by atoms with E-state index in [2.05, 4.69) is 24.2 Å². The Morgan fingerprint density at radius 2 is 2.00 bits per heavy atom. The van der Waals surface area contributed by atoms with Gasteiger partial charge in [0.25, 0.3) is 0 Å². The molecule has 1 atom stereocenters. The van der Waals surface area contributed by atoms with Gasteiger partial charge in [0.15, 0.2) is 0 Å². The first-order chi connectivity index (χ1) is 7.18. The maximum Gasteiger partial charge on any atom is 0.00799 e. The van der Waals surface area contributed by atoms with Crippen molar-refractivity contribution in [3.63, 3.8) is 0 Å². The minimum Gasteiger partial charge on any atom is -0.313 e. The Labute approximate surface area is 94.4 Å². The van der Waals surface area contributed by atoms with Crippen LogP contribution in [-0.4, -0.2) is 37.6 Å². The summed E-state index contributed by atoms with van der Waals surface area (Å²) in [6.07, 6.45) is 8.41. The zero-order chi connectivity index (χ0) is 10.7. The first-order valence-corrected chi connectivity index (χ1v) is 6.60. The lowest BCUT2D eigenvalue weighted by Crippen LogP contribution is -2.42. The van der Waals surface area contributed by atoms with E-state index in [0.29, 0.717) is 5.41 Å². The average molecular weight is 210 g/mol. The third kappa shape index (κ3) is 3.18. The second-order valence-electron chi connectivity index (χ2n) is 5.98. The third-order valence-electron chi connectivity index (χ3n) is 4.33. The van der Waals surface area contributed by atoms with E-state index < -0.39 is 0 Å². The largest absolute Gasteiger partial charge is 0.313 e. The average Bonchev–Trinajstić information content (AvgIpc) is 2.37. The van der Waals surface area contributed by atoms with E-state index in [1.807, 2.05) is 0 Å². The predicted octanol–water partition coefficient (Wildman–Crippen LogP) is 2.25. The summed E-state index contributed by atoms with van der Waals surface area (Å²) in [5.41, 5.74) is 0.637. The molecule has 1 saturated carbocycles. The zero-order valence-corrected chi connectivity index (χ0v) is 10.4. The smallest absolute Gasteiger partial charge is 0.00799 e. The van der Waals surface area contributed by atoms with Gasteiger partial charge >= 0.3 is 0 Å². The van der Waals surface area contributed by atoms with Crippen molar-refractivity contribution in [1.29, 1.82) is 0 Å². The first-order valence-electron chi connectivity index (χ1n) is 6.60. The molecule has 1 N–H and O–H groups in total. The molecule has 2 aliphatic rings. The monoisotopic (exact) mass is 210 g/mol. The van der Waals surface area contributed by atoms with E-state index in [-0.39, 0.29) is 0 Å². The van der Waals surface area contributed by atoms with E-state index in [9.17, 15) is 0 Å². The van der Waals surface area contributed by atoms with Crippen molar-refractivity contribution >= 4 is 0 Å². The number of nitrogens with zero attached hydrogens (tertiary/aromatic N) is 1. The summed E-state index contributed by atoms with van der Waals surface area (Å²) in [4.78, 5) is 2.47. The molecule has 2 fully saturated rings. The van der Waals surface area contributed by atoms with Crippen LogP contribution < -0.4 is 5.32 Å². The summed E-state index contributed by atoms with van der Waals surface area (Å²) in [5, 5.41) is 3.80. The maximum absolute atomic E-state index is 3.80. The van der Waals surface area contributed by atoms with Gasteiger partial charge in [-0.05, 0) is 57.7 Å². The molecule has 0 aromatic heterocycles. The number of likely N-dealkylation sites (tertiary alicyclic amines) is 1. The fourth-order valence-electron chi connectivity index (χ4n) is 2.79. The highest BCUT2D eigenvalue weighted by Crippen LogP contribution is 2.39. The lowest BCUT2D eigenvalue weighted by atomic mass is 9.70. The Hall–Kier alpha value is -0.0800. The van der Waals surface area contributed by atoms with Gasteiger partial charge in [-0.1, -0.05) is 13.3 Å². The van der Waals surface area contributed by atoms with Crippen molar-refractivity contribution in [3.8, 4) is 0 Å². The summed E-state index contributed by atoms with van der Waals surface area (Å²) < 4.78 is 0. The minimum atomic E-state index is 0.637. The molecule has 0 amide bonds. The van der Waals surface area contributed by atoms with Crippen LogP contribution in [0.15, 0.2) is 0 Å². The van der Waals surface area contributed by atoms with Crippen LogP contribution in [0.4, 0.5) is 0 Å². The summed E-state index contributed by atoms with van der Waals surface area (Å²) in [5.74, 6) is 0. The molecule has 1 aliphatic carbocycles. The molecule has 2 rings (SSSR count). The predicted molar refractivity (Wildman–Crippen MR) is 65.1 cm³/mol. The van der Waals surface area contributed by atoms with Crippen molar-refractivity contribution < 1.29 is 0 Å². The highest BCUT2D eigenvalue weighted by molar-refractivity contribution is 4.87. The Morgan fingerprint density at radius 1 is 1.20 bits per heavy atom. The van der Waals surface area contributed by atoms with Crippen LogP contribution in [-0.2, 0) is 0 Å². The van der Waals surface area contributed by atoms with Gasteiger partial charge in [0, 0.05) is 12.6 Å². The quantitative estimate of drug-likeness (QED) is 0.768. The fraction of sp³-hybridized carbons (Fsp3) is 1.00. The normalized spacial score (nSPS) is 32.0. The maximum atomic E-state index is 3.80. The lowest BCUT2D eigenvalue weighted by Gasteiger charge is -2.39. The summed E-state index contributed by atoms with van der Waals surface area (Å²) >= 11 is 0. The van der Waals surface area contributed by atoms with E-state index in [4.69, 9.17) is 0 Å². The first kappa shape index (κ1) is 11.4. The Bertz CT molecular complexity index is 199. The number of nitrogens with one attached hydrogen (secondary N) is 1. The molecular formula is C13H26N2. The van der Waals surface area contributed by atoms with Crippen molar-refractivity contribution in [3.05, 3.63) is 0 Å². The third-order valence-corrected chi connectivity index (χ3v) is 4.33. The highest BCUT2D eigenvalue weighted by atomic mass is 15.1. The van der Waals surface area contributed by atoms with Gasteiger partial charge in [0.1, 0.15) is 0 Å². The topological polar surface area (TPSA) is 15.3 Å². The number of hydrogen-bond acceptors (Lipinski definition) is 2. The van der Waals surface area contributed by atoms with Crippen LogP contribution in [0.25, 0.3) is 0 Å². The molecule has 0 aromatic carbocycles. The standard InChI is InChI=1S/C13H26N2/c1-13(7-4-8-13)11-14-12-5-3-9-15(2)10-6-12/h12,14H,3-11H2,1-2H3. The van der Waals surface area contributed by atoms with Gasteiger partial charge in [-0.15, -0.1) is 0 Å². The number of rotatable bonds is 3. The zero-order valence-electron chi connectivity index (χ0n) is 10.4. The van der Waals surface area contributed by atoms with E-state index in [1.54, 1.807) is 0 Å². The van der Waals surface area contributed by atoms with E-state index >= 15 is 0 Å². The number of hydrogen-bond donors (Lipinski definition) is 1. The van der Waals surface area contributed by atoms with Crippen LogP contribution in [0, 0.1) is 5.41 Å². The lowest BCUT2D eigenvalue weighted by molar-refractivity contribution is 0.149. The van der Waals surface area contributed by atoms with Gasteiger partial charge in [0.05, 0.1) is 0 Å². The minimum absolute atomic E-state index is 0.637. The Morgan fingerprint density at radius 3 is 2.67 bits per heavy atom. The summed E-state index contributed by atoms with van der Waals surface area (Å²) in [6, 6.07) is 0.785. The molecule has 1 saturated heterocycles. The van der Waals surface area contributed by atoms with Crippen LogP contribution in [0.2, 0.25) is 0 Å². The van der Waals surface area contributed by atoms with Crippen LogP contribution in [0.1, 0.15) is 45.4 Å². The molecule has 1 heterocycles. The van der Waals surface area contributed by atoms with Crippen molar-refractivity contribution in [2.24, 2.45) is 5.41 Å². The van der Waals surface area contributed by atoms with Crippen LogP contribution in [0.5, 0.6) is 0 Å². The molecule has 2 nitrogen and oxygen atoms in total. The molecule has 0 radical (unpaired) electrons. The Balaban J connectivity index is 1.69. The van der Waals surface area contributed by atoms with Crippen molar-refractivity contribution in [2.45, 2.75) is 51.5 Å². The second-order valence-corrected chi connectivity index (χ2v) is 5.98. The molecule has 0 aromatic rings. The molecule has 88 valence electrons. The molecule has 15 heavy (non-hydrogen) atoms. The molecule has 2 heteroatoms. The molecule has 1 unspecified atom stereocenters. The van der Waals surface area contributed by atoms with Gasteiger partial charge in [-0.3, -0.25) is 0 Å². The van der Waals surface area contributed by atoms with E-state index in [1.165, 1.54) is 58.2 Å². The fourth-order valence-corrected chi connectivity index (χ4v) is 2.79. The van der Waals surface area contributed by atoms with E-state index in [0.717, 1.165) is 6.04 Å². The SMILES string of the molecule is CN1CCCC(NCC2(C)CCC2)CC1. The van der Waals surface area contributed by atoms with Crippen LogP contribution in [0.3, 0.4) is 0 Å².